The second kappa shape index (κ2) is 12.7. The fourth-order valence-electron chi connectivity index (χ4n) is 5.79. The van der Waals surface area contributed by atoms with E-state index in [1.165, 1.54) is 21.9 Å². The standard InChI is InChI=1S/C41H30N4/c1-42-40(32-12-4-2-5-13-32)45-41(33-14-6-3-7-15-33)44-28-34-18-8-16-31-17-9-20-36(39(31)34)30-25-23-29(24-26-30)35-19-10-22-38-37(35)21-11-27-43-38/h2-27H,1,28H2. The first-order chi connectivity index (χ1) is 22.3. The summed E-state index contributed by atoms with van der Waals surface area (Å²) < 4.78 is 0. The highest BCUT2D eigenvalue weighted by Gasteiger charge is 2.12. The summed E-state index contributed by atoms with van der Waals surface area (Å²) >= 11 is 0. The Labute approximate surface area is 262 Å². The average Bonchev–Trinajstić information content (AvgIpc) is 3.12. The average molecular weight is 579 g/mol. The molecule has 0 bridgehead atoms. The number of amidine groups is 2. The van der Waals surface area contributed by atoms with Crippen LogP contribution in [0.2, 0.25) is 0 Å². The third-order valence-corrected chi connectivity index (χ3v) is 7.97. The molecule has 0 unspecified atom stereocenters. The van der Waals surface area contributed by atoms with Gasteiger partial charge in [-0.3, -0.25) is 9.98 Å². The number of aromatic nitrogens is 1. The van der Waals surface area contributed by atoms with Gasteiger partial charge in [-0.05, 0) is 57.4 Å². The molecule has 45 heavy (non-hydrogen) atoms. The first kappa shape index (κ1) is 27.8. The normalized spacial score (nSPS) is 12.0. The molecular formula is C41H30N4. The number of pyridine rings is 1. The smallest absolute Gasteiger partial charge is 0.161 e. The van der Waals surface area contributed by atoms with Crippen molar-refractivity contribution in [3.8, 4) is 22.3 Å². The third-order valence-electron chi connectivity index (χ3n) is 7.97. The van der Waals surface area contributed by atoms with Crippen LogP contribution in [0.4, 0.5) is 0 Å². The number of fused-ring (bicyclic) bond motifs is 2. The highest BCUT2D eigenvalue weighted by atomic mass is 15.0. The largest absolute Gasteiger partial charge is 0.261 e. The zero-order valence-electron chi connectivity index (χ0n) is 24.7. The van der Waals surface area contributed by atoms with E-state index in [9.17, 15) is 0 Å². The molecule has 0 amide bonds. The predicted octanol–water partition coefficient (Wildman–Crippen LogP) is 9.82. The Hall–Kier alpha value is -6.00. The minimum atomic E-state index is 0.461. The van der Waals surface area contributed by atoms with Crippen molar-refractivity contribution in [2.75, 3.05) is 0 Å². The molecule has 4 heteroatoms. The van der Waals surface area contributed by atoms with Crippen LogP contribution in [0.1, 0.15) is 16.7 Å². The molecule has 0 fully saturated rings. The quantitative estimate of drug-likeness (QED) is 0.143. The Bertz CT molecular complexity index is 2170. The summed E-state index contributed by atoms with van der Waals surface area (Å²) in [6, 6.07) is 52.0. The second-order valence-electron chi connectivity index (χ2n) is 10.7. The van der Waals surface area contributed by atoms with Crippen LogP contribution in [0, 0.1) is 0 Å². The summed E-state index contributed by atoms with van der Waals surface area (Å²) in [6.07, 6.45) is 1.84. The van der Waals surface area contributed by atoms with Crippen molar-refractivity contribution in [3.63, 3.8) is 0 Å². The van der Waals surface area contributed by atoms with Gasteiger partial charge in [-0.1, -0.05) is 140 Å². The van der Waals surface area contributed by atoms with Gasteiger partial charge in [0.15, 0.2) is 11.7 Å². The van der Waals surface area contributed by atoms with Crippen LogP contribution >= 0.6 is 0 Å². The fourth-order valence-corrected chi connectivity index (χ4v) is 5.79. The molecule has 7 rings (SSSR count). The maximum absolute atomic E-state index is 5.08. The van der Waals surface area contributed by atoms with Gasteiger partial charge in [-0.25, -0.2) is 9.98 Å². The summed E-state index contributed by atoms with van der Waals surface area (Å²) in [7, 11) is 0. The van der Waals surface area contributed by atoms with Crippen molar-refractivity contribution < 1.29 is 0 Å². The van der Waals surface area contributed by atoms with Gasteiger partial charge in [0.1, 0.15) is 0 Å². The van der Waals surface area contributed by atoms with Crippen molar-refractivity contribution in [2.45, 2.75) is 6.54 Å². The number of nitrogens with zero attached hydrogens (tertiary/aromatic N) is 4. The third kappa shape index (κ3) is 5.82. The summed E-state index contributed by atoms with van der Waals surface area (Å²) in [6.45, 7) is 4.25. The number of hydrogen-bond donors (Lipinski definition) is 0. The number of aliphatic imine (C=N–C) groups is 3. The van der Waals surface area contributed by atoms with E-state index >= 15 is 0 Å². The molecular weight excluding hydrogens is 548 g/mol. The first-order valence-electron chi connectivity index (χ1n) is 14.9. The number of hydrogen-bond acceptors (Lipinski definition) is 2. The molecule has 6 aromatic carbocycles. The van der Waals surface area contributed by atoms with Crippen LogP contribution in [0.5, 0.6) is 0 Å². The zero-order valence-corrected chi connectivity index (χ0v) is 24.7. The van der Waals surface area contributed by atoms with Gasteiger partial charge >= 0.3 is 0 Å². The van der Waals surface area contributed by atoms with Gasteiger partial charge in [0.05, 0.1) is 12.1 Å². The van der Waals surface area contributed by atoms with E-state index in [1.54, 1.807) is 0 Å². The minimum Gasteiger partial charge on any atom is -0.261 e. The lowest BCUT2D eigenvalue weighted by atomic mass is 9.93. The van der Waals surface area contributed by atoms with Crippen molar-refractivity contribution >= 4 is 40.1 Å². The van der Waals surface area contributed by atoms with Crippen LogP contribution < -0.4 is 0 Å². The SMILES string of the molecule is C=NC(=NC(=NCc1cccc2cccc(-c3ccc(-c4cccc5ncccc45)cc3)c12)c1ccccc1)c1ccccc1. The van der Waals surface area contributed by atoms with E-state index in [0.29, 0.717) is 18.2 Å². The lowest BCUT2D eigenvalue weighted by Crippen LogP contribution is -2.05. The van der Waals surface area contributed by atoms with E-state index < -0.39 is 0 Å². The number of benzene rings is 6. The Kier molecular flexibility index (Phi) is 7.85. The fraction of sp³-hybridized carbons (Fsp3) is 0.0244. The van der Waals surface area contributed by atoms with Crippen LogP contribution in [-0.2, 0) is 6.54 Å². The van der Waals surface area contributed by atoms with Crippen molar-refractivity contribution in [3.05, 3.63) is 175 Å². The maximum atomic E-state index is 5.08. The van der Waals surface area contributed by atoms with Gasteiger partial charge in [-0.15, -0.1) is 0 Å². The molecule has 0 spiro atoms. The Morgan fingerprint density at radius 3 is 1.89 bits per heavy atom. The molecule has 7 aromatic rings. The minimum absolute atomic E-state index is 0.461. The summed E-state index contributed by atoms with van der Waals surface area (Å²) in [4.78, 5) is 18.8. The summed E-state index contributed by atoms with van der Waals surface area (Å²) in [5.41, 5.74) is 8.62. The molecule has 0 saturated carbocycles. The van der Waals surface area contributed by atoms with Crippen LogP contribution in [0.25, 0.3) is 43.9 Å². The molecule has 1 aromatic heterocycles. The summed E-state index contributed by atoms with van der Waals surface area (Å²) in [5.74, 6) is 1.16. The van der Waals surface area contributed by atoms with Crippen molar-refractivity contribution in [1.29, 1.82) is 0 Å². The lowest BCUT2D eigenvalue weighted by molar-refractivity contribution is 1.08. The lowest BCUT2D eigenvalue weighted by Gasteiger charge is -2.13. The highest BCUT2D eigenvalue weighted by Crippen LogP contribution is 2.34. The van der Waals surface area contributed by atoms with Gasteiger partial charge < -0.3 is 0 Å². The molecule has 4 nitrogen and oxygen atoms in total. The Balaban J connectivity index is 1.29. The molecule has 0 saturated heterocycles. The number of rotatable bonds is 6. The molecule has 0 radical (unpaired) electrons. The molecule has 0 aliphatic heterocycles. The van der Waals surface area contributed by atoms with E-state index in [0.717, 1.165) is 38.7 Å². The van der Waals surface area contributed by atoms with Gasteiger partial charge in [0.25, 0.3) is 0 Å². The summed E-state index contributed by atoms with van der Waals surface area (Å²) in [5, 5.41) is 3.51. The molecule has 214 valence electrons. The van der Waals surface area contributed by atoms with Crippen LogP contribution in [0.15, 0.2) is 173 Å². The van der Waals surface area contributed by atoms with Gasteiger partial charge in [0.2, 0.25) is 0 Å². The molecule has 0 atom stereocenters. The molecule has 0 aliphatic carbocycles. The van der Waals surface area contributed by atoms with Crippen LogP contribution in [-0.4, -0.2) is 23.4 Å². The van der Waals surface area contributed by atoms with Gasteiger partial charge in [-0.2, -0.15) is 0 Å². The van der Waals surface area contributed by atoms with Crippen molar-refractivity contribution in [1.82, 2.24) is 4.98 Å². The topological polar surface area (TPSA) is 50.0 Å². The van der Waals surface area contributed by atoms with Gasteiger partial charge in [0, 0.05) is 22.7 Å². The van der Waals surface area contributed by atoms with Crippen LogP contribution in [0.3, 0.4) is 0 Å². The molecule has 0 N–H and O–H groups in total. The van der Waals surface area contributed by atoms with E-state index in [1.807, 2.05) is 72.9 Å². The van der Waals surface area contributed by atoms with Crippen molar-refractivity contribution in [2.24, 2.45) is 15.0 Å². The van der Waals surface area contributed by atoms with E-state index in [4.69, 9.17) is 9.98 Å². The second-order valence-corrected chi connectivity index (χ2v) is 10.7. The molecule has 0 aliphatic rings. The van der Waals surface area contributed by atoms with E-state index in [-0.39, 0.29) is 0 Å². The highest BCUT2D eigenvalue weighted by molar-refractivity contribution is 6.12. The van der Waals surface area contributed by atoms with E-state index in [2.05, 4.69) is 102 Å². The molecule has 1 heterocycles. The zero-order chi connectivity index (χ0) is 30.4. The first-order valence-corrected chi connectivity index (χ1v) is 14.9. The monoisotopic (exact) mass is 578 g/mol. The Morgan fingerprint density at radius 2 is 1.18 bits per heavy atom. The maximum Gasteiger partial charge on any atom is 0.161 e. The predicted molar refractivity (Wildman–Crippen MR) is 189 cm³/mol. The Morgan fingerprint density at radius 1 is 0.556 bits per heavy atom.